The third kappa shape index (κ3) is 3.76. The maximum absolute atomic E-state index is 13.7. The number of piperazine rings is 1. The Labute approximate surface area is 205 Å². The first kappa shape index (κ1) is 23.1. The highest BCUT2D eigenvalue weighted by Gasteiger charge is 2.35. The smallest absolute Gasteiger partial charge is 0.341 e. The van der Waals surface area contributed by atoms with Crippen molar-refractivity contribution in [2.45, 2.75) is 13.3 Å². The maximum atomic E-state index is 13.7. The second kappa shape index (κ2) is 9.16. The number of nitrogens with one attached hydrogen (secondary N) is 1. The van der Waals surface area contributed by atoms with Gasteiger partial charge in [-0.15, -0.1) is 11.3 Å². The second-order valence-corrected chi connectivity index (χ2v) is 9.27. The van der Waals surface area contributed by atoms with Gasteiger partial charge in [0.15, 0.2) is 5.82 Å². The normalized spacial score (nSPS) is 14.0. The number of fused-ring (bicyclic) bond motifs is 2. The van der Waals surface area contributed by atoms with Gasteiger partial charge in [-0.1, -0.05) is 13.0 Å². The zero-order chi connectivity index (χ0) is 24.7. The SMILES string of the molecule is CCc1cc(OC)c2sc(-c3c(C(=O)OC)c(C(=O)N4CCNCC4)n4ncnc(N)c34)cc2c1. The Hall–Kier alpha value is -3.70. The summed E-state index contributed by atoms with van der Waals surface area (Å²) in [4.78, 5) is 33.5. The van der Waals surface area contributed by atoms with Crippen molar-refractivity contribution in [3.05, 3.63) is 41.3 Å². The van der Waals surface area contributed by atoms with E-state index in [1.165, 1.54) is 29.3 Å². The number of hydrogen-bond donors (Lipinski definition) is 2. The standard InChI is InChI=1S/C24H26N6O4S/c1-4-13-9-14-11-16(35-21(14)15(10-13)33-2)17-18(24(32)34-3)20(23(31)29-7-5-26-6-8-29)30-19(17)22(25)27-12-28-30/h9-12,26H,4-8H2,1-3H3,(H2,25,27,28). The van der Waals surface area contributed by atoms with E-state index in [4.69, 9.17) is 15.2 Å². The highest BCUT2D eigenvalue weighted by molar-refractivity contribution is 7.22. The van der Waals surface area contributed by atoms with Crippen LogP contribution in [-0.2, 0) is 11.2 Å². The molecule has 1 aliphatic heterocycles. The number of methoxy groups -OCH3 is 2. The van der Waals surface area contributed by atoms with E-state index in [2.05, 4.69) is 28.4 Å². The number of aromatic nitrogens is 3. The molecule has 5 rings (SSSR count). The number of nitrogens with zero attached hydrogens (tertiary/aromatic N) is 4. The van der Waals surface area contributed by atoms with Gasteiger partial charge < -0.3 is 25.4 Å². The minimum Gasteiger partial charge on any atom is -0.495 e. The summed E-state index contributed by atoms with van der Waals surface area (Å²) >= 11 is 1.45. The highest BCUT2D eigenvalue weighted by Crippen LogP contribution is 2.44. The first-order valence-corrected chi connectivity index (χ1v) is 12.1. The van der Waals surface area contributed by atoms with Crippen LogP contribution in [0.5, 0.6) is 5.75 Å². The number of carbonyl (C=O) groups excluding carboxylic acids is 2. The molecule has 10 nitrogen and oxygen atoms in total. The number of nitrogen functional groups attached to an aromatic ring is 1. The van der Waals surface area contributed by atoms with Gasteiger partial charge >= 0.3 is 5.97 Å². The topological polar surface area (TPSA) is 124 Å². The van der Waals surface area contributed by atoms with Crippen LogP contribution in [0.25, 0.3) is 26.0 Å². The summed E-state index contributed by atoms with van der Waals surface area (Å²) in [5.74, 6) is -0.0292. The number of amides is 1. The summed E-state index contributed by atoms with van der Waals surface area (Å²) in [5, 5.41) is 8.54. The van der Waals surface area contributed by atoms with Gasteiger partial charge in [0, 0.05) is 36.6 Å². The minimum atomic E-state index is -0.637. The van der Waals surface area contributed by atoms with Gasteiger partial charge in [0.25, 0.3) is 5.91 Å². The molecule has 4 aromatic rings. The van der Waals surface area contributed by atoms with Gasteiger partial charge in [-0.05, 0) is 29.5 Å². The molecule has 0 bridgehead atoms. The molecular weight excluding hydrogens is 468 g/mol. The molecule has 1 fully saturated rings. The monoisotopic (exact) mass is 494 g/mol. The Morgan fingerprint density at radius 1 is 1.20 bits per heavy atom. The van der Waals surface area contributed by atoms with Crippen molar-refractivity contribution in [1.29, 1.82) is 0 Å². The number of anilines is 1. The molecule has 0 radical (unpaired) electrons. The summed E-state index contributed by atoms with van der Waals surface area (Å²) in [5.41, 5.74) is 8.57. The third-order valence-electron chi connectivity index (χ3n) is 6.27. The minimum absolute atomic E-state index is 0.122. The fourth-order valence-electron chi connectivity index (χ4n) is 4.53. The summed E-state index contributed by atoms with van der Waals surface area (Å²) in [6.45, 7) is 4.45. The van der Waals surface area contributed by atoms with E-state index in [1.807, 2.05) is 12.1 Å². The molecule has 0 spiro atoms. The molecular formula is C24H26N6O4S. The largest absolute Gasteiger partial charge is 0.495 e. The van der Waals surface area contributed by atoms with E-state index in [0.29, 0.717) is 37.3 Å². The van der Waals surface area contributed by atoms with Crippen molar-refractivity contribution in [1.82, 2.24) is 24.8 Å². The fraction of sp³-hybridized carbons (Fsp3) is 0.333. The van der Waals surface area contributed by atoms with Crippen LogP contribution < -0.4 is 15.8 Å². The van der Waals surface area contributed by atoms with Crippen LogP contribution in [0.1, 0.15) is 33.3 Å². The Kier molecular flexibility index (Phi) is 6.03. The summed E-state index contributed by atoms with van der Waals surface area (Å²) in [7, 11) is 2.93. The van der Waals surface area contributed by atoms with Crippen molar-refractivity contribution >= 4 is 44.6 Å². The van der Waals surface area contributed by atoms with Crippen molar-refractivity contribution in [3.63, 3.8) is 0 Å². The van der Waals surface area contributed by atoms with E-state index in [0.717, 1.165) is 32.7 Å². The fourth-order valence-corrected chi connectivity index (χ4v) is 5.71. The third-order valence-corrected chi connectivity index (χ3v) is 7.45. The lowest BCUT2D eigenvalue weighted by Gasteiger charge is -2.27. The molecule has 0 saturated carbocycles. The number of ether oxygens (including phenoxy) is 2. The molecule has 182 valence electrons. The molecule has 1 aliphatic rings. The zero-order valence-electron chi connectivity index (χ0n) is 19.8. The van der Waals surface area contributed by atoms with E-state index in [-0.39, 0.29) is 23.0 Å². The number of aryl methyl sites for hydroxylation is 1. The van der Waals surface area contributed by atoms with E-state index in [9.17, 15) is 9.59 Å². The predicted octanol–water partition coefficient (Wildman–Crippen LogP) is 2.60. The first-order chi connectivity index (χ1) is 17.0. The lowest BCUT2D eigenvalue weighted by molar-refractivity contribution is 0.0588. The summed E-state index contributed by atoms with van der Waals surface area (Å²) < 4.78 is 13.2. The molecule has 0 aliphatic carbocycles. The van der Waals surface area contributed by atoms with Gasteiger partial charge in [-0.2, -0.15) is 5.10 Å². The Balaban J connectivity index is 1.83. The summed E-state index contributed by atoms with van der Waals surface area (Å²) in [6, 6.07) is 6.09. The molecule has 35 heavy (non-hydrogen) atoms. The van der Waals surface area contributed by atoms with Gasteiger partial charge in [0.2, 0.25) is 0 Å². The van der Waals surface area contributed by atoms with Gasteiger partial charge in [0.05, 0.1) is 18.9 Å². The van der Waals surface area contributed by atoms with Crippen molar-refractivity contribution in [3.8, 4) is 16.2 Å². The van der Waals surface area contributed by atoms with E-state index < -0.39 is 5.97 Å². The Morgan fingerprint density at radius 2 is 1.97 bits per heavy atom. The van der Waals surface area contributed by atoms with Gasteiger partial charge in [-0.25, -0.2) is 14.3 Å². The van der Waals surface area contributed by atoms with Crippen LogP contribution in [0.4, 0.5) is 5.82 Å². The van der Waals surface area contributed by atoms with Gasteiger partial charge in [0.1, 0.15) is 28.9 Å². The number of esters is 1. The number of rotatable bonds is 5. The van der Waals surface area contributed by atoms with Crippen LogP contribution in [0.3, 0.4) is 0 Å². The highest BCUT2D eigenvalue weighted by atomic mass is 32.1. The lowest BCUT2D eigenvalue weighted by Crippen LogP contribution is -2.47. The zero-order valence-corrected chi connectivity index (χ0v) is 20.6. The van der Waals surface area contributed by atoms with Gasteiger partial charge in [-0.3, -0.25) is 4.79 Å². The second-order valence-electron chi connectivity index (χ2n) is 8.22. The van der Waals surface area contributed by atoms with Crippen LogP contribution in [0.15, 0.2) is 24.5 Å². The molecule has 1 aromatic carbocycles. The lowest BCUT2D eigenvalue weighted by atomic mass is 10.0. The van der Waals surface area contributed by atoms with E-state index in [1.54, 1.807) is 12.0 Å². The number of carbonyl (C=O) groups is 2. The Bertz CT molecular complexity index is 1450. The van der Waals surface area contributed by atoms with Crippen LogP contribution in [-0.4, -0.2) is 71.8 Å². The number of thiophene rings is 1. The van der Waals surface area contributed by atoms with E-state index >= 15 is 0 Å². The first-order valence-electron chi connectivity index (χ1n) is 11.3. The number of hydrogen-bond acceptors (Lipinski definition) is 9. The quantitative estimate of drug-likeness (QED) is 0.406. The average Bonchev–Trinajstić information content (AvgIpc) is 3.47. The maximum Gasteiger partial charge on any atom is 0.341 e. The van der Waals surface area contributed by atoms with Crippen LogP contribution in [0, 0.1) is 0 Å². The molecule has 0 unspecified atom stereocenters. The summed E-state index contributed by atoms with van der Waals surface area (Å²) in [6.07, 6.45) is 2.13. The molecule has 3 aromatic heterocycles. The van der Waals surface area contributed by atoms with Crippen LogP contribution >= 0.6 is 11.3 Å². The van der Waals surface area contributed by atoms with Crippen molar-refractivity contribution < 1.29 is 19.1 Å². The molecule has 1 amide bonds. The van der Waals surface area contributed by atoms with Crippen LogP contribution in [0.2, 0.25) is 0 Å². The van der Waals surface area contributed by atoms with Crippen molar-refractivity contribution in [2.75, 3.05) is 46.1 Å². The molecule has 0 atom stereocenters. The number of benzene rings is 1. The van der Waals surface area contributed by atoms with Crippen molar-refractivity contribution in [2.24, 2.45) is 0 Å². The molecule has 1 saturated heterocycles. The molecule has 3 N–H and O–H groups in total. The number of nitrogens with two attached hydrogens (primary N) is 1. The predicted molar refractivity (Wildman–Crippen MR) is 134 cm³/mol. The molecule has 4 heterocycles. The molecule has 11 heteroatoms. The Morgan fingerprint density at radius 3 is 2.66 bits per heavy atom. The average molecular weight is 495 g/mol.